The molecule has 1 aromatic carbocycles. The number of hydrogen-bond donors (Lipinski definition) is 2. The third-order valence-corrected chi connectivity index (χ3v) is 3.00. The summed E-state index contributed by atoms with van der Waals surface area (Å²) in [6.07, 6.45) is 0. The van der Waals surface area contributed by atoms with Gasteiger partial charge < -0.3 is 10.4 Å². The van der Waals surface area contributed by atoms with Crippen molar-refractivity contribution in [3.63, 3.8) is 0 Å². The van der Waals surface area contributed by atoms with E-state index in [0.29, 0.717) is 0 Å². The number of aliphatic hydroxyl groups excluding tert-OH is 1. The fourth-order valence-corrected chi connectivity index (χ4v) is 1.73. The van der Waals surface area contributed by atoms with Crippen LogP contribution < -0.4 is 5.32 Å². The molecule has 1 rings (SSSR count). The Morgan fingerprint density at radius 3 is 2.40 bits per heavy atom. The Morgan fingerprint density at radius 1 is 1.45 bits per heavy atom. The van der Waals surface area contributed by atoms with Crippen molar-refractivity contribution in [3.05, 3.63) is 46.0 Å². The summed E-state index contributed by atoms with van der Waals surface area (Å²) in [4.78, 5) is 19.7. The Kier molecular flexibility index (Phi) is 5.67. The molecular formula is C11H11Cl2FN2O4. The molecule has 0 saturated carbocycles. The molecule has 2 atom stereocenters. The number of rotatable bonds is 6. The molecule has 2 unspecified atom stereocenters. The van der Waals surface area contributed by atoms with Crippen LogP contribution in [0.1, 0.15) is 5.56 Å². The summed E-state index contributed by atoms with van der Waals surface area (Å²) >= 11 is 10.6. The molecule has 6 nitrogen and oxygen atoms in total. The Labute approximate surface area is 123 Å². The highest BCUT2D eigenvalue weighted by atomic mass is 35.5. The van der Waals surface area contributed by atoms with Crippen molar-refractivity contribution in [2.24, 2.45) is 0 Å². The molecule has 20 heavy (non-hydrogen) atoms. The van der Waals surface area contributed by atoms with E-state index in [4.69, 9.17) is 28.3 Å². The lowest BCUT2D eigenvalue weighted by atomic mass is 9.97. The van der Waals surface area contributed by atoms with Crippen LogP contribution in [0.2, 0.25) is 0 Å². The summed E-state index contributed by atoms with van der Waals surface area (Å²) in [6, 6.07) is 4.87. The van der Waals surface area contributed by atoms with E-state index in [1.165, 1.54) is 24.3 Å². The predicted molar refractivity (Wildman–Crippen MR) is 70.7 cm³/mol. The molecule has 0 aliphatic heterocycles. The Bertz CT molecular complexity index is 489. The molecule has 0 radical (unpaired) electrons. The normalized spacial score (nSPS) is 15.4. The van der Waals surface area contributed by atoms with E-state index in [-0.39, 0.29) is 5.56 Å². The zero-order valence-corrected chi connectivity index (χ0v) is 11.5. The van der Waals surface area contributed by atoms with E-state index in [0.717, 1.165) is 0 Å². The largest absolute Gasteiger partial charge is 0.406 e. The van der Waals surface area contributed by atoms with Gasteiger partial charge >= 0.3 is 5.79 Å². The number of halogens is 3. The molecular weight excluding hydrogens is 314 g/mol. The predicted octanol–water partition coefficient (Wildman–Crippen LogP) is 1.37. The Balaban J connectivity index is 3.17. The van der Waals surface area contributed by atoms with Gasteiger partial charge in [0.05, 0.1) is 17.1 Å². The molecule has 0 spiro atoms. The summed E-state index contributed by atoms with van der Waals surface area (Å²) in [7, 11) is 0. The molecule has 0 bridgehead atoms. The van der Waals surface area contributed by atoms with Crippen molar-refractivity contribution in [1.29, 1.82) is 0 Å². The first-order valence-corrected chi connectivity index (χ1v) is 6.29. The van der Waals surface area contributed by atoms with Crippen molar-refractivity contribution in [2.75, 3.05) is 6.61 Å². The van der Waals surface area contributed by atoms with Crippen LogP contribution in [0.15, 0.2) is 30.3 Å². The zero-order chi connectivity index (χ0) is 15.3. The Morgan fingerprint density at radius 2 is 2.00 bits per heavy atom. The van der Waals surface area contributed by atoms with Crippen molar-refractivity contribution < 1.29 is 19.2 Å². The van der Waals surface area contributed by atoms with Gasteiger partial charge in [-0.1, -0.05) is 41.4 Å². The molecule has 9 heteroatoms. The van der Waals surface area contributed by atoms with Crippen LogP contribution in [0.5, 0.6) is 0 Å². The van der Waals surface area contributed by atoms with E-state index in [1.807, 2.05) is 5.32 Å². The monoisotopic (exact) mass is 324 g/mol. The van der Waals surface area contributed by atoms with Gasteiger partial charge in [-0.15, -0.1) is 0 Å². The molecule has 110 valence electrons. The van der Waals surface area contributed by atoms with Gasteiger partial charge in [-0.05, 0) is 12.1 Å². The van der Waals surface area contributed by atoms with Crippen molar-refractivity contribution >= 4 is 29.1 Å². The van der Waals surface area contributed by atoms with E-state index < -0.39 is 34.1 Å². The minimum atomic E-state index is -3.20. The lowest BCUT2D eigenvalue weighted by Gasteiger charge is -2.26. The van der Waals surface area contributed by atoms with Gasteiger partial charge in [-0.25, -0.2) is 0 Å². The van der Waals surface area contributed by atoms with E-state index >= 15 is 0 Å². The number of carbonyl (C=O) groups excluding carboxylic acids is 1. The average molecular weight is 325 g/mol. The summed E-state index contributed by atoms with van der Waals surface area (Å²) in [5, 5.41) is 22.1. The summed E-state index contributed by atoms with van der Waals surface area (Å²) in [5.74, 6) is -4.24. The smallest absolute Gasteiger partial charge is 0.394 e. The van der Waals surface area contributed by atoms with E-state index in [2.05, 4.69) is 0 Å². The first-order chi connectivity index (χ1) is 9.33. The average Bonchev–Trinajstić information content (AvgIpc) is 2.44. The van der Waals surface area contributed by atoms with E-state index in [1.54, 1.807) is 6.07 Å². The van der Waals surface area contributed by atoms with Gasteiger partial charge in [0.25, 0.3) is 5.91 Å². The van der Waals surface area contributed by atoms with Gasteiger partial charge in [0, 0.05) is 0 Å². The third kappa shape index (κ3) is 3.36. The van der Waals surface area contributed by atoms with Crippen LogP contribution in [0.25, 0.3) is 0 Å². The second-order valence-corrected chi connectivity index (χ2v) is 4.94. The fourth-order valence-electron chi connectivity index (χ4n) is 1.60. The number of nitrogens with one attached hydrogen (secondary N) is 1. The van der Waals surface area contributed by atoms with Crippen LogP contribution in [-0.2, 0) is 10.6 Å². The molecule has 0 fully saturated rings. The van der Waals surface area contributed by atoms with Gasteiger partial charge in [0.1, 0.15) is 0 Å². The lowest BCUT2D eigenvalue weighted by molar-refractivity contribution is -0.622. The molecule has 0 aliphatic rings. The van der Waals surface area contributed by atoms with Crippen LogP contribution in [0, 0.1) is 10.1 Å². The van der Waals surface area contributed by atoms with Crippen LogP contribution in [-0.4, -0.2) is 33.4 Å². The number of alkyl halides is 3. The second-order valence-electron chi connectivity index (χ2n) is 3.84. The Hall–Kier alpha value is -1.44. The number of amides is 1. The zero-order valence-electron chi connectivity index (χ0n) is 10.0. The van der Waals surface area contributed by atoms with Crippen LogP contribution >= 0.6 is 23.2 Å². The van der Waals surface area contributed by atoms with Gasteiger partial charge in [-0.2, -0.15) is 4.39 Å². The maximum Gasteiger partial charge on any atom is 0.406 e. The number of carbonyl (C=O) groups is 1. The molecule has 0 aliphatic carbocycles. The minimum Gasteiger partial charge on any atom is -0.394 e. The topological polar surface area (TPSA) is 92.5 Å². The van der Waals surface area contributed by atoms with Gasteiger partial charge in [0.15, 0.2) is 10.9 Å². The molecule has 0 aromatic heterocycles. The second kappa shape index (κ2) is 6.83. The fraction of sp³-hybridized carbons (Fsp3) is 0.364. The summed E-state index contributed by atoms with van der Waals surface area (Å²) in [6.45, 7) is -1.00. The number of benzene rings is 1. The van der Waals surface area contributed by atoms with Gasteiger partial charge in [0.2, 0.25) is 0 Å². The summed E-state index contributed by atoms with van der Waals surface area (Å²) in [5.41, 5.74) is -0.315. The number of nitrogens with zero attached hydrogens (tertiary/aromatic N) is 1. The minimum absolute atomic E-state index is 0.315. The highest BCUT2D eigenvalue weighted by molar-refractivity contribution is 6.53. The lowest BCUT2D eigenvalue weighted by Crippen LogP contribution is -2.55. The van der Waals surface area contributed by atoms with E-state index in [9.17, 15) is 19.3 Å². The van der Waals surface area contributed by atoms with Crippen LogP contribution in [0.3, 0.4) is 0 Å². The molecule has 1 aromatic rings. The first kappa shape index (κ1) is 16.6. The van der Waals surface area contributed by atoms with Gasteiger partial charge in [-0.3, -0.25) is 14.9 Å². The van der Waals surface area contributed by atoms with Crippen molar-refractivity contribution in [3.8, 4) is 0 Å². The number of nitro groups is 1. The third-order valence-electron chi connectivity index (χ3n) is 2.60. The molecule has 0 saturated heterocycles. The van der Waals surface area contributed by atoms with Crippen molar-refractivity contribution in [1.82, 2.24) is 5.32 Å². The maximum atomic E-state index is 14.8. The molecule has 0 heterocycles. The van der Waals surface area contributed by atoms with Crippen molar-refractivity contribution in [2.45, 2.75) is 16.7 Å². The quantitative estimate of drug-likeness (QED) is 0.358. The SMILES string of the molecule is O=C(NC(CO)C(F)(c1ccccc1)[N+](=O)[O-])C(Cl)Cl. The summed E-state index contributed by atoms with van der Waals surface area (Å²) < 4.78 is 14.8. The van der Waals surface area contributed by atoms with Crippen LogP contribution in [0.4, 0.5) is 4.39 Å². The molecule has 2 N–H and O–H groups in total. The standard InChI is InChI=1S/C11H11Cl2FN2O4/c12-9(13)10(18)15-8(6-17)11(14,16(19)20)7-4-2-1-3-5-7/h1-5,8-9,17H,6H2,(H,15,18). The number of aliphatic hydroxyl groups is 1. The highest BCUT2D eigenvalue weighted by Crippen LogP contribution is 2.30. The molecule has 1 amide bonds. The first-order valence-electron chi connectivity index (χ1n) is 5.42. The highest BCUT2D eigenvalue weighted by Gasteiger charge is 2.54. The maximum absolute atomic E-state index is 14.8. The number of hydrogen-bond acceptors (Lipinski definition) is 4.